The molecule has 3 heteroatoms. The van der Waals surface area contributed by atoms with Gasteiger partial charge in [0, 0.05) is 6.20 Å². The van der Waals surface area contributed by atoms with Gasteiger partial charge in [-0.2, -0.15) is 0 Å². The third-order valence-electron chi connectivity index (χ3n) is 2.46. The predicted octanol–water partition coefficient (Wildman–Crippen LogP) is 3.58. The van der Waals surface area contributed by atoms with Crippen LogP contribution < -0.4 is 5.32 Å². The molecule has 0 spiro atoms. The fraction of sp³-hybridized carbons (Fsp3) is 0.267. The molecule has 1 aliphatic rings. The van der Waals surface area contributed by atoms with Crippen molar-refractivity contribution in [2.24, 2.45) is 0 Å². The number of alkyl carbamates (subject to hydrolysis) is 1. The summed E-state index contributed by atoms with van der Waals surface area (Å²) in [6, 6.07) is 8.04. The van der Waals surface area contributed by atoms with Crippen LogP contribution in [-0.2, 0) is 4.74 Å². The molecule has 0 radical (unpaired) electrons. The number of ether oxygens (including phenoxy) is 1. The zero-order chi connectivity index (χ0) is 13.2. The molecule has 1 aromatic carbocycles. The first-order valence-corrected chi connectivity index (χ1v) is 5.93. The molecule has 2 rings (SSSR count). The van der Waals surface area contributed by atoms with E-state index in [0.29, 0.717) is 0 Å². The summed E-state index contributed by atoms with van der Waals surface area (Å²) < 4.78 is 5.17. The number of allylic oxidation sites excluding steroid dienone is 2. The number of nitrogens with one attached hydrogen (secondary N) is 1. The van der Waals surface area contributed by atoms with Gasteiger partial charge >= 0.3 is 6.09 Å². The molecule has 1 amide bonds. The van der Waals surface area contributed by atoms with Gasteiger partial charge in [0.15, 0.2) is 0 Å². The van der Waals surface area contributed by atoms with Gasteiger partial charge in [-0.15, -0.1) is 0 Å². The van der Waals surface area contributed by atoms with E-state index in [-0.39, 0.29) is 0 Å². The number of hydrogen-bond donors (Lipinski definition) is 1. The first-order chi connectivity index (χ1) is 8.46. The molecule has 3 nitrogen and oxygen atoms in total. The van der Waals surface area contributed by atoms with Crippen molar-refractivity contribution in [1.29, 1.82) is 0 Å². The molecule has 0 heterocycles. The molecular formula is C15H17NO2. The number of carbonyl (C=O) groups is 1. The summed E-state index contributed by atoms with van der Waals surface area (Å²) in [5.41, 5.74) is 2.78. The Kier molecular flexibility index (Phi) is 3.24. The van der Waals surface area contributed by atoms with Crippen molar-refractivity contribution >= 4 is 17.7 Å². The van der Waals surface area contributed by atoms with Crippen LogP contribution in [0, 0.1) is 0 Å². The molecular weight excluding hydrogens is 226 g/mol. The first-order valence-electron chi connectivity index (χ1n) is 5.93. The second-order valence-corrected chi connectivity index (χ2v) is 5.17. The Labute approximate surface area is 107 Å². The van der Waals surface area contributed by atoms with E-state index in [0.717, 1.165) is 16.7 Å². The molecule has 1 aromatic rings. The topological polar surface area (TPSA) is 38.3 Å². The van der Waals surface area contributed by atoms with E-state index in [1.807, 2.05) is 57.2 Å². The van der Waals surface area contributed by atoms with Gasteiger partial charge in [-0.05, 0) is 37.5 Å². The van der Waals surface area contributed by atoms with E-state index >= 15 is 0 Å². The quantitative estimate of drug-likeness (QED) is 0.818. The molecule has 1 aliphatic carbocycles. The van der Waals surface area contributed by atoms with Crippen LogP contribution in [-0.4, -0.2) is 11.7 Å². The van der Waals surface area contributed by atoms with Crippen LogP contribution in [0.2, 0.25) is 0 Å². The molecule has 18 heavy (non-hydrogen) atoms. The Morgan fingerprint density at radius 3 is 2.67 bits per heavy atom. The maximum atomic E-state index is 11.5. The maximum absolute atomic E-state index is 11.5. The number of amides is 1. The van der Waals surface area contributed by atoms with Gasteiger partial charge in [0.1, 0.15) is 5.60 Å². The average Bonchev–Trinajstić information content (AvgIpc) is 2.67. The Hall–Kier alpha value is -2.03. The second-order valence-electron chi connectivity index (χ2n) is 5.17. The largest absolute Gasteiger partial charge is 0.444 e. The lowest BCUT2D eigenvalue weighted by molar-refractivity contribution is 0.0552. The lowest BCUT2D eigenvalue weighted by Crippen LogP contribution is -2.29. The molecule has 0 atom stereocenters. The van der Waals surface area contributed by atoms with Crippen LogP contribution >= 0.6 is 0 Å². The van der Waals surface area contributed by atoms with Crippen LogP contribution in [0.3, 0.4) is 0 Å². The van der Waals surface area contributed by atoms with Crippen molar-refractivity contribution in [2.45, 2.75) is 26.4 Å². The van der Waals surface area contributed by atoms with Gasteiger partial charge in [0.25, 0.3) is 0 Å². The minimum atomic E-state index is -0.480. The number of fused-ring (bicyclic) bond motifs is 1. The fourth-order valence-corrected chi connectivity index (χ4v) is 1.74. The van der Waals surface area contributed by atoms with E-state index in [1.165, 1.54) is 0 Å². The SMILES string of the molecule is CC(C)(C)OC(=O)NC=C1C=Cc2ccccc21. The van der Waals surface area contributed by atoms with Crippen molar-refractivity contribution in [3.8, 4) is 0 Å². The van der Waals surface area contributed by atoms with Crippen molar-refractivity contribution in [3.63, 3.8) is 0 Å². The highest BCUT2D eigenvalue weighted by Crippen LogP contribution is 2.27. The summed E-state index contributed by atoms with van der Waals surface area (Å²) in [4.78, 5) is 11.5. The highest BCUT2D eigenvalue weighted by molar-refractivity contribution is 5.90. The van der Waals surface area contributed by atoms with Gasteiger partial charge in [-0.3, -0.25) is 5.32 Å². The summed E-state index contributed by atoms with van der Waals surface area (Å²) in [6.45, 7) is 5.51. The van der Waals surface area contributed by atoms with Crippen LogP contribution in [0.5, 0.6) is 0 Å². The van der Waals surface area contributed by atoms with Gasteiger partial charge in [-0.1, -0.05) is 36.4 Å². The maximum Gasteiger partial charge on any atom is 0.411 e. The summed E-state index contributed by atoms with van der Waals surface area (Å²) >= 11 is 0. The summed E-state index contributed by atoms with van der Waals surface area (Å²) in [7, 11) is 0. The molecule has 0 saturated carbocycles. The first kappa shape index (κ1) is 12.4. The predicted molar refractivity (Wildman–Crippen MR) is 72.8 cm³/mol. The number of carbonyl (C=O) groups excluding carboxylic acids is 1. The molecule has 0 bridgehead atoms. The smallest absolute Gasteiger partial charge is 0.411 e. The highest BCUT2D eigenvalue weighted by Gasteiger charge is 2.16. The van der Waals surface area contributed by atoms with Gasteiger partial charge in [0.05, 0.1) is 0 Å². The van der Waals surface area contributed by atoms with Crippen LogP contribution in [0.15, 0.2) is 36.5 Å². The Morgan fingerprint density at radius 1 is 1.22 bits per heavy atom. The number of benzene rings is 1. The fourth-order valence-electron chi connectivity index (χ4n) is 1.74. The normalized spacial score (nSPS) is 15.6. The Bertz CT molecular complexity index is 522. The molecule has 1 N–H and O–H groups in total. The second kappa shape index (κ2) is 4.69. The molecule has 0 unspecified atom stereocenters. The number of rotatable bonds is 1. The molecule has 0 aromatic heterocycles. The lowest BCUT2D eigenvalue weighted by atomic mass is 10.1. The lowest BCUT2D eigenvalue weighted by Gasteiger charge is -2.18. The zero-order valence-corrected chi connectivity index (χ0v) is 10.9. The minimum Gasteiger partial charge on any atom is -0.444 e. The highest BCUT2D eigenvalue weighted by atomic mass is 16.6. The van der Waals surface area contributed by atoms with Crippen molar-refractivity contribution in [2.75, 3.05) is 0 Å². The van der Waals surface area contributed by atoms with E-state index in [1.54, 1.807) is 6.20 Å². The van der Waals surface area contributed by atoms with Crippen molar-refractivity contribution < 1.29 is 9.53 Å². The molecule has 0 saturated heterocycles. The van der Waals surface area contributed by atoms with Gasteiger partial charge in [-0.25, -0.2) is 4.79 Å². The third-order valence-corrected chi connectivity index (χ3v) is 2.46. The van der Waals surface area contributed by atoms with Crippen molar-refractivity contribution in [3.05, 3.63) is 47.7 Å². The minimum absolute atomic E-state index is 0.437. The molecule has 0 aliphatic heterocycles. The van der Waals surface area contributed by atoms with Crippen LogP contribution in [0.4, 0.5) is 4.79 Å². The zero-order valence-electron chi connectivity index (χ0n) is 10.9. The van der Waals surface area contributed by atoms with E-state index < -0.39 is 11.7 Å². The van der Waals surface area contributed by atoms with E-state index in [9.17, 15) is 4.79 Å². The van der Waals surface area contributed by atoms with Crippen molar-refractivity contribution in [1.82, 2.24) is 5.32 Å². The molecule has 0 fully saturated rings. The standard InChI is InChI=1S/C15H17NO2/c1-15(2,3)18-14(17)16-10-12-9-8-11-6-4-5-7-13(11)12/h4-10H,1-3H3,(H,16,17). The van der Waals surface area contributed by atoms with Crippen LogP contribution in [0.1, 0.15) is 31.9 Å². The molecule has 94 valence electrons. The summed E-state index contributed by atoms with van der Waals surface area (Å²) in [5, 5.41) is 2.65. The summed E-state index contributed by atoms with van der Waals surface area (Å²) in [5.74, 6) is 0. The average molecular weight is 243 g/mol. The number of hydrogen-bond acceptors (Lipinski definition) is 2. The monoisotopic (exact) mass is 243 g/mol. The van der Waals surface area contributed by atoms with Crippen LogP contribution in [0.25, 0.3) is 11.6 Å². The van der Waals surface area contributed by atoms with Gasteiger partial charge < -0.3 is 4.74 Å². The Morgan fingerprint density at radius 2 is 1.94 bits per heavy atom. The van der Waals surface area contributed by atoms with Gasteiger partial charge in [0.2, 0.25) is 0 Å². The van der Waals surface area contributed by atoms with E-state index in [2.05, 4.69) is 5.32 Å². The third kappa shape index (κ3) is 3.00. The summed E-state index contributed by atoms with van der Waals surface area (Å²) in [6.07, 6.45) is 5.24. The van der Waals surface area contributed by atoms with E-state index in [4.69, 9.17) is 4.74 Å². The Balaban J connectivity index is 2.05.